The van der Waals surface area contributed by atoms with Crippen LogP contribution in [0.4, 0.5) is 10.8 Å². The Balaban J connectivity index is 1.80. The molecule has 106 valence electrons. The zero-order valence-corrected chi connectivity index (χ0v) is 13.0. The number of nitrogens with one attached hydrogen (secondary N) is 1. The monoisotopic (exact) mass is 308 g/mol. The molecule has 5 nitrogen and oxygen atoms in total. The predicted molar refractivity (Wildman–Crippen MR) is 84.2 cm³/mol. The van der Waals surface area contributed by atoms with Crippen LogP contribution in [0.5, 0.6) is 0 Å². The van der Waals surface area contributed by atoms with E-state index in [0.29, 0.717) is 17.3 Å². The molecule has 1 amide bonds. The predicted octanol–water partition coefficient (Wildman–Crippen LogP) is 2.86. The first-order chi connectivity index (χ1) is 9.52. The molecule has 20 heavy (non-hydrogen) atoms. The van der Waals surface area contributed by atoms with E-state index in [1.165, 1.54) is 23.1 Å². The summed E-state index contributed by atoms with van der Waals surface area (Å²) in [4.78, 5) is 11.8. The van der Waals surface area contributed by atoms with Crippen LogP contribution in [0.2, 0.25) is 0 Å². The van der Waals surface area contributed by atoms with Crippen LogP contribution >= 0.6 is 23.1 Å². The molecular weight excluding hydrogens is 292 g/mol. The number of nitrogens with zero attached hydrogens (tertiary/aromatic N) is 2. The highest BCUT2D eigenvalue weighted by atomic mass is 32.2. The Morgan fingerprint density at radius 3 is 2.60 bits per heavy atom. The van der Waals surface area contributed by atoms with E-state index in [2.05, 4.69) is 21.6 Å². The largest absolute Gasteiger partial charge is 0.374 e. The summed E-state index contributed by atoms with van der Waals surface area (Å²) in [5.74, 6) is 0.658. The number of nitrogen functional groups attached to an aromatic ring is 1. The first-order valence-electron chi connectivity index (χ1n) is 6.13. The van der Waals surface area contributed by atoms with Crippen molar-refractivity contribution in [3.8, 4) is 0 Å². The average Bonchev–Trinajstić information content (AvgIpc) is 2.73. The number of aromatic nitrogens is 2. The van der Waals surface area contributed by atoms with Crippen LogP contribution in [-0.4, -0.2) is 21.9 Å². The summed E-state index contributed by atoms with van der Waals surface area (Å²) in [6.45, 7) is 4.02. The zero-order chi connectivity index (χ0) is 14.5. The lowest BCUT2D eigenvalue weighted by atomic mass is 10.1. The highest BCUT2D eigenvalue weighted by Crippen LogP contribution is 2.24. The van der Waals surface area contributed by atoms with Crippen molar-refractivity contribution in [1.29, 1.82) is 0 Å². The smallest absolute Gasteiger partial charge is 0.225 e. The van der Waals surface area contributed by atoms with E-state index in [-0.39, 0.29) is 5.91 Å². The molecule has 0 aliphatic heterocycles. The van der Waals surface area contributed by atoms with Crippen LogP contribution in [0.1, 0.15) is 17.5 Å². The molecular formula is C13H16N4OS2. The summed E-state index contributed by atoms with van der Waals surface area (Å²) in [5.41, 5.74) is 8.61. The highest BCUT2D eigenvalue weighted by Gasteiger charge is 2.06. The highest BCUT2D eigenvalue weighted by molar-refractivity contribution is 8.01. The summed E-state index contributed by atoms with van der Waals surface area (Å²) < 4.78 is 0.793. The summed E-state index contributed by atoms with van der Waals surface area (Å²) in [6, 6.07) is 6.00. The molecule has 0 unspecified atom stereocenters. The lowest BCUT2D eigenvalue weighted by molar-refractivity contribution is -0.115. The number of benzene rings is 1. The SMILES string of the molecule is Cc1cc(C)cc(NC(=O)CCSc2nnc(N)s2)c1. The van der Waals surface area contributed by atoms with Gasteiger partial charge in [0, 0.05) is 17.9 Å². The minimum Gasteiger partial charge on any atom is -0.374 e. The van der Waals surface area contributed by atoms with Crippen molar-refractivity contribution in [3.05, 3.63) is 29.3 Å². The van der Waals surface area contributed by atoms with Gasteiger partial charge >= 0.3 is 0 Å². The quantitative estimate of drug-likeness (QED) is 0.830. The van der Waals surface area contributed by atoms with Crippen molar-refractivity contribution in [2.24, 2.45) is 0 Å². The lowest BCUT2D eigenvalue weighted by Crippen LogP contribution is -2.12. The Kier molecular flexibility index (Phi) is 4.97. The molecule has 0 spiro atoms. The number of carbonyl (C=O) groups is 1. The van der Waals surface area contributed by atoms with Gasteiger partial charge in [-0.1, -0.05) is 29.2 Å². The van der Waals surface area contributed by atoms with Gasteiger partial charge in [0.15, 0.2) is 4.34 Å². The zero-order valence-electron chi connectivity index (χ0n) is 11.3. The van der Waals surface area contributed by atoms with Gasteiger partial charge in [0.25, 0.3) is 0 Å². The molecule has 0 saturated carbocycles. The standard InChI is InChI=1S/C13H16N4OS2/c1-8-5-9(2)7-10(6-8)15-11(18)3-4-19-13-17-16-12(14)20-13/h5-7H,3-4H2,1-2H3,(H2,14,16)(H,15,18). The second-order valence-electron chi connectivity index (χ2n) is 4.43. The maximum atomic E-state index is 11.8. The summed E-state index contributed by atoms with van der Waals surface area (Å²) in [6.07, 6.45) is 0.428. The van der Waals surface area contributed by atoms with Gasteiger partial charge in [-0.05, 0) is 37.1 Å². The van der Waals surface area contributed by atoms with Gasteiger partial charge < -0.3 is 11.1 Å². The van der Waals surface area contributed by atoms with Crippen molar-refractivity contribution in [1.82, 2.24) is 10.2 Å². The number of thioether (sulfide) groups is 1. The van der Waals surface area contributed by atoms with E-state index < -0.39 is 0 Å². The molecule has 1 aromatic carbocycles. The fraction of sp³-hybridized carbons (Fsp3) is 0.308. The van der Waals surface area contributed by atoms with Crippen LogP contribution < -0.4 is 11.1 Å². The molecule has 0 bridgehead atoms. The molecule has 1 aromatic heterocycles. The normalized spacial score (nSPS) is 10.5. The number of amides is 1. The summed E-state index contributed by atoms with van der Waals surface area (Å²) in [7, 11) is 0. The van der Waals surface area contributed by atoms with Crippen molar-refractivity contribution >= 4 is 39.8 Å². The molecule has 1 heterocycles. The molecule has 2 rings (SSSR count). The van der Waals surface area contributed by atoms with Crippen LogP contribution in [0.25, 0.3) is 0 Å². The van der Waals surface area contributed by atoms with Gasteiger partial charge in [0.2, 0.25) is 11.0 Å². The van der Waals surface area contributed by atoms with Crippen molar-refractivity contribution in [2.75, 3.05) is 16.8 Å². The van der Waals surface area contributed by atoms with Gasteiger partial charge in [-0.2, -0.15) is 0 Å². The first kappa shape index (κ1) is 14.8. The number of nitrogens with two attached hydrogens (primary N) is 1. The third-order valence-electron chi connectivity index (χ3n) is 2.48. The van der Waals surface area contributed by atoms with E-state index in [1.54, 1.807) is 0 Å². The van der Waals surface area contributed by atoms with Gasteiger partial charge in [0.05, 0.1) is 0 Å². The minimum absolute atomic E-state index is 0.0000118. The van der Waals surface area contributed by atoms with E-state index >= 15 is 0 Å². The Hall–Kier alpha value is -1.60. The summed E-state index contributed by atoms with van der Waals surface area (Å²) in [5, 5.41) is 11.0. The van der Waals surface area contributed by atoms with Crippen LogP contribution in [0.3, 0.4) is 0 Å². The molecule has 0 fully saturated rings. The number of anilines is 2. The van der Waals surface area contributed by atoms with E-state index in [1.807, 2.05) is 26.0 Å². The molecule has 0 atom stereocenters. The van der Waals surface area contributed by atoms with Gasteiger partial charge in [-0.15, -0.1) is 10.2 Å². The third kappa shape index (κ3) is 4.50. The summed E-state index contributed by atoms with van der Waals surface area (Å²) >= 11 is 2.82. The van der Waals surface area contributed by atoms with Gasteiger partial charge in [-0.25, -0.2) is 0 Å². The molecule has 0 radical (unpaired) electrons. The van der Waals surface area contributed by atoms with Crippen molar-refractivity contribution in [3.63, 3.8) is 0 Å². The Bertz CT molecular complexity index is 592. The number of aryl methyl sites for hydroxylation is 2. The number of rotatable bonds is 5. The number of hydrogen-bond donors (Lipinski definition) is 2. The van der Waals surface area contributed by atoms with E-state index in [4.69, 9.17) is 5.73 Å². The van der Waals surface area contributed by atoms with Crippen LogP contribution in [-0.2, 0) is 4.79 Å². The molecule has 0 aliphatic carbocycles. The second kappa shape index (κ2) is 6.71. The maximum absolute atomic E-state index is 11.8. The van der Waals surface area contributed by atoms with Crippen LogP contribution in [0, 0.1) is 13.8 Å². The molecule has 3 N–H and O–H groups in total. The Labute approximate surface area is 126 Å². The van der Waals surface area contributed by atoms with Gasteiger partial charge in [0.1, 0.15) is 0 Å². The maximum Gasteiger partial charge on any atom is 0.225 e. The lowest BCUT2D eigenvalue weighted by Gasteiger charge is -2.07. The molecule has 0 saturated heterocycles. The number of carbonyl (C=O) groups excluding carboxylic acids is 1. The van der Waals surface area contributed by atoms with Gasteiger partial charge in [-0.3, -0.25) is 4.79 Å². The fourth-order valence-electron chi connectivity index (χ4n) is 1.78. The first-order valence-corrected chi connectivity index (χ1v) is 7.93. The fourth-order valence-corrected chi connectivity index (χ4v) is 3.42. The average molecular weight is 308 g/mol. The van der Waals surface area contributed by atoms with E-state index in [0.717, 1.165) is 21.2 Å². The third-order valence-corrected chi connectivity index (χ3v) is 4.37. The van der Waals surface area contributed by atoms with E-state index in [9.17, 15) is 4.79 Å². The minimum atomic E-state index is -0.0000118. The van der Waals surface area contributed by atoms with Crippen molar-refractivity contribution in [2.45, 2.75) is 24.6 Å². The topological polar surface area (TPSA) is 80.9 Å². The Morgan fingerprint density at radius 2 is 2.00 bits per heavy atom. The second-order valence-corrected chi connectivity index (χ2v) is 6.78. The van der Waals surface area contributed by atoms with Crippen LogP contribution in [0.15, 0.2) is 22.5 Å². The number of hydrogen-bond acceptors (Lipinski definition) is 6. The molecule has 0 aliphatic rings. The Morgan fingerprint density at radius 1 is 1.30 bits per heavy atom. The molecule has 7 heteroatoms. The molecule has 2 aromatic rings. The van der Waals surface area contributed by atoms with Crippen molar-refractivity contribution < 1.29 is 4.79 Å².